The van der Waals surface area contributed by atoms with E-state index in [1.807, 2.05) is 5.38 Å². The second-order valence-electron chi connectivity index (χ2n) is 11.1. The fourth-order valence-electron chi connectivity index (χ4n) is 5.29. The maximum atomic E-state index is 13.3. The number of ketones is 1. The molecule has 1 amide bonds. The molecule has 0 radical (unpaired) electrons. The molecule has 222 valence electrons. The van der Waals surface area contributed by atoms with Crippen molar-refractivity contribution in [3.05, 3.63) is 46.0 Å². The van der Waals surface area contributed by atoms with Gasteiger partial charge in [-0.25, -0.2) is 4.98 Å². The predicted molar refractivity (Wildman–Crippen MR) is 160 cm³/mol. The van der Waals surface area contributed by atoms with Crippen LogP contribution in [0.25, 0.3) is 6.08 Å². The molecular formula is C29H36N2O7S3. The van der Waals surface area contributed by atoms with Crippen LogP contribution >= 0.6 is 22.1 Å². The van der Waals surface area contributed by atoms with Crippen molar-refractivity contribution in [3.63, 3.8) is 0 Å². The van der Waals surface area contributed by atoms with Crippen LogP contribution in [0.4, 0.5) is 0 Å². The quantitative estimate of drug-likeness (QED) is 0.211. The molecule has 3 unspecified atom stereocenters. The van der Waals surface area contributed by atoms with Gasteiger partial charge in [0.05, 0.1) is 24.1 Å². The maximum absolute atomic E-state index is 13.3. The number of carbonyl (C=O) groups is 4. The molecule has 4 rings (SSSR count). The molecule has 2 aliphatic heterocycles. The third-order valence-corrected chi connectivity index (χ3v) is 12.9. The molecule has 2 N–H and O–H groups in total. The summed E-state index contributed by atoms with van der Waals surface area (Å²) in [6.45, 7) is 4.82. The van der Waals surface area contributed by atoms with E-state index in [9.17, 15) is 28.8 Å². The van der Waals surface area contributed by atoms with E-state index in [1.165, 1.54) is 24.3 Å². The first-order valence-corrected chi connectivity index (χ1v) is 17.2. The molecule has 1 saturated heterocycles. The van der Waals surface area contributed by atoms with Crippen molar-refractivity contribution in [2.45, 2.75) is 94.6 Å². The summed E-state index contributed by atoms with van der Waals surface area (Å²) in [5, 5.41) is 15.9. The number of allylic oxidation sites excluding steroid dienone is 3. The van der Waals surface area contributed by atoms with Gasteiger partial charge in [0, 0.05) is 22.0 Å². The van der Waals surface area contributed by atoms with Crippen LogP contribution in [0.1, 0.15) is 88.9 Å². The Labute approximate surface area is 250 Å². The number of fused-ring (bicyclic) bond motifs is 2. The molecule has 9 nitrogen and oxygen atoms in total. The number of nitrogens with one attached hydrogen (secondary N) is 1. The lowest BCUT2D eigenvalue weighted by molar-refractivity contribution is -0.156. The van der Waals surface area contributed by atoms with Gasteiger partial charge in [-0.2, -0.15) is 0 Å². The zero-order chi connectivity index (χ0) is 29.8. The van der Waals surface area contributed by atoms with Crippen molar-refractivity contribution in [2.24, 2.45) is 5.92 Å². The lowest BCUT2D eigenvalue weighted by atomic mass is 9.81. The number of thiazole rings is 1. The van der Waals surface area contributed by atoms with E-state index in [0.717, 1.165) is 32.1 Å². The number of amides is 1. The van der Waals surface area contributed by atoms with Crippen LogP contribution in [0, 0.1) is 5.92 Å². The minimum Gasteiger partial charge on any atom is -0.604 e. The van der Waals surface area contributed by atoms with E-state index in [2.05, 4.69) is 10.3 Å². The van der Waals surface area contributed by atoms with E-state index >= 15 is 0 Å². The summed E-state index contributed by atoms with van der Waals surface area (Å²) in [6.07, 6.45) is 11.0. The van der Waals surface area contributed by atoms with Gasteiger partial charge in [-0.3, -0.25) is 19.2 Å². The first kappa shape index (κ1) is 31.7. The van der Waals surface area contributed by atoms with Gasteiger partial charge < -0.3 is 19.7 Å². The molecule has 2 bridgehead atoms. The van der Waals surface area contributed by atoms with E-state index in [1.54, 1.807) is 38.2 Å². The Morgan fingerprint density at radius 3 is 2.59 bits per heavy atom. The monoisotopic (exact) mass is 620 g/mol. The minimum atomic E-state index is -2.02. The number of nitrogens with zero attached hydrogens (tertiary/aromatic N) is 1. The largest absolute Gasteiger partial charge is 0.604 e. The summed E-state index contributed by atoms with van der Waals surface area (Å²) in [5.41, 5.74) is -0.739. The summed E-state index contributed by atoms with van der Waals surface area (Å²) in [6, 6.07) is -0.452. The number of ether oxygens (including phenoxy) is 1. The smallest absolute Gasteiger partial charge is 0.309 e. The fourth-order valence-corrected chi connectivity index (χ4v) is 10.0. The summed E-state index contributed by atoms with van der Waals surface area (Å²) >= 11 is 1.35. The molecule has 1 aliphatic carbocycles. The highest BCUT2D eigenvalue weighted by Crippen LogP contribution is 2.53. The van der Waals surface area contributed by atoms with Crippen molar-refractivity contribution in [1.29, 1.82) is 0 Å². The van der Waals surface area contributed by atoms with Gasteiger partial charge >= 0.3 is 5.97 Å². The lowest BCUT2D eigenvalue weighted by Gasteiger charge is -2.35. The predicted octanol–water partition coefficient (Wildman–Crippen LogP) is 4.51. The molecule has 1 aromatic heterocycles. The Bertz CT molecular complexity index is 1260. The van der Waals surface area contributed by atoms with Crippen LogP contribution < -0.4 is 5.32 Å². The van der Waals surface area contributed by atoms with Crippen molar-refractivity contribution >= 4 is 61.2 Å². The molecule has 1 saturated carbocycles. The normalized spacial score (nSPS) is 35.2. The summed E-state index contributed by atoms with van der Waals surface area (Å²) < 4.78 is 17.5. The van der Waals surface area contributed by atoms with E-state index in [0.29, 0.717) is 27.1 Å². The molecule has 41 heavy (non-hydrogen) atoms. The zero-order valence-corrected chi connectivity index (χ0v) is 25.9. The second kappa shape index (κ2) is 13.4. The Balaban J connectivity index is 1.68. The highest BCUT2D eigenvalue weighted by Gasteiger charge is 2.69. The van der Waals surface area contributed by atoms with Crippen LogP contribution in [0.2, 0.25) is 0 Å². The number of hydrogen-bond donors (Lipinski definition) is 2. The highest BCUT2D eigenvalue weighted by atomic mass is 33.1. The molecule has 3 aliphatic rings. The molecular weight excluding hydrogens is 585 g/mol. The molecule has 3 heterocycles. The van der Waals surface area contributed by atoms with Gasteiger partial charge in [-0.05, 0) is 58.3 Å². The molecule has 1 aromatic rings. The average Bonchev–Trinajstić information content (AvgIpc) is 3.47. The number of rotatable bonds is 2. The fraction of sp³-hybridized carbons (Fsp3) is 0.552. The van der Waals surface area contributed by atoms with Crippen molar-refractivity contribution in [3.8, 4) is 0 Å². The van der Waals surface area contributed by atoms with Crippen molar-refractivity contribution in [2.75, 3.05) is 0 Å². The van der Waals surface area contributed by atoms with Crippen LogP contribution in [0.15, 0.2) is 35.3 Å². The van der Waals surface area contributed by atoms with E-state index in [4.69, 9.17) is 4.74 Å². The van der Waals surface area contributed by atoms with Gasteiger partial charge in [0.15, 0.2) is 33.0 Å². The van der Waals surface area contributed by atoms with Gasteiger partial charge in [-0.1, -0.05) is 37.0 Å². The number of esters is 1. The number of carbonyl (C=O) groups excluding carboxylic acids is 4. The maximum Gasteiger partial charge on any atom is 0.309 e. The first-order chi connectivity index (χ1) is 19.4. The van der Waals surface area contributed by atoms with Crippen LogP contribution in [-0.4, -0.2) is 53.9 Å². The Hall–Kier alpha value is -2.25. The Morgan fingerprint density at radius 1 is 1.20 bits per heavy atom. The number of aromatic nitrogens is 1. The van der Waals surface area contributed by atoms with Crippen LogP contribution in [-0.2, 0) is 34.1 Å². The van der Waals surface area contributed by atoms with Crippen LogP contribution in [0.3, 0.4) is 0 Å². The summed E-state index contributed by atoms with van der Waals surface area (Å²) in [4.78, 5) is 56.5. The van der Waals surface area contributed by atoms with Crippen molar-refractivity contribution < 1.29 is 33.6 Å². The Kier molecular flexibility index (Phi) is 10.3. The zero-order valence-electron chi connectivity index (χ0n) is 23.4. The summed E-state index contributed by atoms with van der Waals surface area (Å²) in [7, 11) is -1.36. The topological polar surface area (TPSA) is 146 Å². The third-order valence-electron chi connectivity index (χ3n) is 7.95. The van der Waals surface area contributed by atoms with Gasteiger partial charge in [0.25, 0.3) is 5.12 Å². The molecule has 1 spiro atoms. The second-order valence-corrected chi connectivity index (χ2v) is 15.2. The third kappa shape index (κ3) is 7.22. The van der Waals surface area contributed by atoms with Crippen molar-refractivity contribution in [1.82, 2.24) is 10.3 Å². The minimum absolute atomic E-state index is 0.0347. The Morgan fingerprint density at radius 2 is 1.90 bits per heavy atom. The van der Waals surface area contributed by atoms with Gasteiger partial charge in [0.1, 0.15) is 5.01 Å². The van der Waals surface area contributed by atoms with E-state index < -0.39 is 55.5 Å². The number of aliphatic hydroxyl groups is 1. The lowest BCUT2D eigenvalue weighted by Crippen LogP contribution is -2.56. The first-order valence-electron chi connectivity index (χ1n) is 13.8. The van der Waals surface area contributed by atoms with Crippen LogP contribution in [0.5, 0.6) is 0 Å². The molecule has 12 heteroatoms. The van der Waals surface area contributed by atoms with Gasteiger partial charge in [-0.15, -0.1) is 11.3 Å². The molecule has 0 aromatic carbocycles. The molecule has 2 fully saturated rings. The van der Waals surface area contributed by atoms with E-state index in [-0.39, 0.29) is 25.2 Å². The highest BCUT2D eigenvalue weighted by molar-refractivity contribution is 8.79. The average molecular weight is 621 g/mol. The number of hydrogen-bond acceptors (Lipinski definition) is 10. The van der Waals surface area contributed by atoms with Gasteiger partial charge in [0.2, 0.25) is 5.91 Å². The summed E-state index contributed by atoms with van der Waals surface area (Å²) in [5.74, 6) is -1.53. The standard InChI is InChI=1S/C29H36N2O7S3/c1-18-13-14-29(28(3,36)27(35)40-41(29)37)16-24(33)30-19(2)25-31-21(17-39-25)11-7-8-12-22(32)23(15-18)38-26(34)20-9-5-4-6-10-20/h7-8,11-12,15,17,19-20,23,36H,4-6,9-10,13-14,16H2,1-3H3,(H,30,33)/b11-7-,12-8+,18-15+/t19?,23?,28-,29+,41?/m0/s1. The molecule has 5 atom stereocenters. The SMILES string of the molecule is C/C1=C\C(OC(=O)C2CCCCC2)C(=O)/C=C/C=C\c2csc(n2)C(C)NC(=O)C[C@@]2(CC1)[S+]([O-])SC(=O)[C@]2(C)O.